The number of aromatic nitrogens is 2. The lowest BCUT2D eigenvalue weighted by Crippen LogP contribution is -2.49. The third-order valence-corrected chi connectivity index (χ3v) is 10.4. The molecule has 2 aliphatic rings. The number of hydrogen-bond acceptors (Lipinski definition) is 8. The molecule has 2 aromatic carbocycles. The average Bonchev–Trinajstić information content (AvgIpc) is 3.43. The van der Waals surface area contributed by atoms with Crippen molar-refractivity contribution in [3.63, 3.8) is 0 Å². The van der Waals surface area contributed by atoms with Gasteiger partial charge in [0.2, 0.25) is 15.8 Å². The molecular weight excluding hydrogens is 546 g/mol. The van der Waals surface area contributed by atoms with Gasteiger partial charge in [0.05, 0.1) is 18.0 Å². The van der Waals surface area contributed by atoms with E-state index < -0.39 is 10.0 Å². The Kier molecular flexibility index (Phi) is 8.18. The molecule has 0 amide bonds. The van der Waals surface area contributed by atoms with Gasteiger partial charge in [0, 0.05) is 41.8 Å². The molecule has 0 spiro atoms. The largest absolute Gasteiger partial charge is 0.483 e. The number of sulfonamides is 1. The highest BCUT2D eigenvalue weighted by molar-refractivity contribution is 8.11. The molecule has 0 bridgehead atoms. The molecule has 1 aromatic heterocycles. The molecular formula is C26H30ClN5O4S2. The predicted octanol–water partition coefficient (Wildman–Crippen LogP) is 3.99. The number of rotatable bonds is 8. The summed E-state index contributed by atoms with van der Waals surface area (Å²) in [6.07, 6.45) is 5.54. The second-order valence-electron chi connectivity index (χ2n) is 9.41. The van der Waals surface area contributed by atoms with E-state index in [1.165, 1.54) is 20.7 Å². The van der Waals surface area contributed by atoms with E-state index >= 15 is 0 Å². The van der Waals surface area contributed by atoms with Crippen molar-refractivity contribution in [2.24, 2.45) is 0 Å². The lowest BCUT2D eigenvalue weighted by Gasteiger charge is -2.36. The number of anilines is 2. The number of nitrogen functional groups attached to an aromatic ring is 1. The summed E-state index contributed by atoms with van der Waals surface area (Å²) >= 11 is 7.42. The summed E-state index contributed by atoms with van der Waals surface area (Å²) in [6.45, 7) is 1.47. The molecule has 0 radical (unpaired) electrons. The Labute approximate surface area is 231 Å². The SMILES string of the molecule is Nc1ccc(SCS(=O)(=O)N2CCN(c3cnn(-c4cccc(Cl)c4)c(=O)c3OC3CCCC3)CC2)cc1. The van der Waals surface area contributed by atoms with Gasteiger partial charge in [-0.15, -0.1) is 11.8 Å². The van der Waals surface area contributed by atoms with Crippen LogP contribution < -0.4 is 20.9 Å². The monoisotopic (exact) mass is 575 g/mol. The van der Waals surface area contributed by atoms with E-state index in [1.54, 1.807) is 42.6 Å². The number of ether oxygens (including phenoxy) is 1. The minimum Gasteiger partial charge on any atom is -0.483 e. The Balaban J connectivity index is 1.33. The Bertz CT molecular complexity index is 1430. The van der Waals surface area contributed by atoms with E-state index in [4.69, 9.17) is 22.1 Å². The van der Waals surface area contributed by atoms with Gasteiger partial charge in [0.15, 0.2) is 0 Å². The number of nitrogens with zero attached hydrogens (tertiary/aromatic N) is 4. The molecule has 1 aliphatic heterocycles. The van der Waals surface area contributed by atoms with Crippen molar-refractivity contribution >= 4 is 44.8 Å². The second-order valence-corrected chi connectivity index (χ2v) is 13.2. The summed E-state index contributed by atoms with van der Waals surface area (Å²) in [7, 11) is -3.47. The molecule has 2 N–H and O–H groups in total. The quantitative estimate of drug-likeness (QED) is 0.317. The maximum Gasteiger partial charge on any atom is 0.316 e. The van der Waals surface area contributed by atoms with Crippen molar-refractivity contribution in [1.29, 1.82) is 0 Å². The minimum atomic E-state index is -3.47. The van der Waals surface area contributed by atoms with E-state index in [0.717, 1.165) is 30.6 Å². The number of benzene rings is 2. The van der Waals surface area contributed by atoms with Crippen molar-refractivity contribution in [3.8, 4) is 11.4 Å². The van der Waals surface area contributed by atoms with Crippen LogP contribution in [0.5, 0.6) is 5.75 Å². The van der Waals surface area contributed by atoms with Crippen LogP contribution in [0.25, 0.3) is 5.69 Å². The number of thioether (sulfide) groups is 1. The molecule has 1 aliphatic carbocycles. The average molecular weight is 576 g/mol. The highest BCUT2D eigenvalue weighted by Crippen LogP contribution is 2.31. The van der Waals surface area contributed by atoms with Gasteiger partial charge in [-0.05, 0) is 68.1 Å². The maximum atomic E-state index is 13.6. The van der Waals surface area contributed by atoms with Crippen LogP contribution in [0.3, 0.4) is 0 Å². The molecule has 2 heterocycles. The fraction of sp³-hybridized carbons (Fsp3) is 0.385. The smallest absolute Gasteiger partial charge is 0.316 e. The zero-order chi connectivity index (χ0) is 26.7. The highest BCUT2D eigenvalue weighted by Gasteiger charge is 2.30. The molecule has 38 heavy (non-hydrogen) atoms. The minimum absolute atomic E-state index is 0.0244. The van der Waals surface area contributed by atoms with Gasteiger partial charge in [-0.2, -0.15) is 14.1 Å². The Morgan fingerprint density at radius 2 is 1.76 bits per heavy atom. The Morgan fingerprint density at radius 1 is 1.05 bits per heavy atom. The van der Waals surface area contributed by atoms with Crippen molar-refractivity contribution in [2.45, 2.75) is 36.7 Å². The molecule has 202 valence electrons. The Morgan fingerprint density at radius 3 is 2.45 bits per heavy atom. The fourth-order valence-electron chi connectivity index (χ4n) is 4.72. The van der Waals surface area contributed by atoms with Crippen molar-refractivity contribution < 1.29 is 13.2 Å². The zero-order valence-corrected chi connectivity index (χ0v) is 23.2. The third kappa shape index (κ3) is 6.12. The van der Waals surface area contributed by atoms with E-state index in [2.05, 4.69) is 5.10 Å². The molecule has 3 aromatic rings. The molecule has 1 saturated carbocycles. The molecule has 0 unspecified atom stereocenters. The summed E-state index contributed by atoms with van der Waals surface area (Å²) in [5.74, 6) is 0.252. The van der Waals surface area contributed by atoms with Crippen molar-refractivity contribution in [2.75, 3.05) is 41.9 Å². The van der Waals surface area contributed by atoms with Gasteiger partial charge < -0.3 is 15.4 Å². The molecule has 1 saturated heterocycles. The normalized spacial score (nSPS) is 17.1. The number of piperazine rings is 1. The van der Waals surface area contributed by atoms with E-state index in [0.29, 0.717) is 48.3 Å². The lowest BCUT2D eigenvalue weighted by atomic mass is 10.2. The van der Waals surface area contributed by atoms with Gasteiger partial charge in [0.25, 0.3) is 0 Å². The van der Waals surface area contributed by atoms with Crippen LogP contribution in [0.4, 0.5) is 11.4 Å². The van der Waals surface area contributed by atoms with Crippen LogP contribution in [0.1, 0.15) is 25.7 Å². The standard InChI is InChI=1S/C26H30ClN5O4S2/c27-19-4-3-5-21(16-19)32-26(33)25(36-22-6-1-2-7-22)24(17-29-32)30-12-14-31(15-13-30)38(34,35)18-37-23-10-8-20(28)9-11-23/h3-5,8-11,16-17,22H,1-2,6-7,12-15,18,28H2. The van der Waals surface area contributed by atoms with Crippen molar-refractivity contribution in [1.82, 2.24) is 14.1 Å². The third-order valence-electron chi connectivity index (χ3n) is 6.78. The summed E-state index contributed by atoms with van der Waals surface area (Å²) in [6, 6.07) is 14.1. The molecule has 9 nitrogen and oxygen atoms in total. The summed E-state index contributed by atoms with van der Waals surface area (Å²) in [4.78, 5) is 16.4. The zero-order valence-electron chi connectivity index (χ0n) is 20.8. The first-order valence-electron chi connectivity index (χ1n) is 12.6. The molecule has 12 heteroatoms. The van der Waals surface area contributed by atoms with Crippen LogP contribution in [-0.2, 0) is 10.0 Å². The summed E-state index contributed by atoms with van der Waals surface area (Å²) < 4.78 is 35.1. The Hall–Kier alpha value is -2.73. The van der Waals surface area contributed by atoms with Crippen LogP contribution in [0.15, 0.2) is 64.4 Å². The van der Waals surface area contributed by atoms with Gasteiger partial charge >= 0.3 is 5.56 Å². The maximum absolute atomic E-state index is 13.6. The number of hydrogen-bond donors (Lipinski definition) is 1. The van der Waals surface area contributed by atoms with Crippen LogP contribution in [0, 0.1) is 0 Å². The number of nitrogens with two attached hydrogens (primary N) is 1. The first-order chi connectivity index (χ1) is 18.3. The fourth-order valence-corrected chi connectivity index (χ4v) is 7.69. The summed E-state index contributed by atoms with van der Waals surface area (Å²) in [5.41, 5.74) is 7.15. The first-order valence-corrected chi connectivity index (χ1v) is 15.5. The van der Waals surface area contributed by atoms with Gasteiger partial charge in [-0.3, -0.25) is 4.79 Å². The van der Waals surface area contributed by atoms with E-state index in [9.17, 15) is 13.2 Å². The van der Waals surface area contributed by atoms with Crippen LogP contribution >= 0.6 is 23.4 Å². The predicted molar refractivity (Wildman–Crippen MR) is 152 cm³/mol. The van der Waals surface area contributed by atoms with E-state index in [-0.39, 0.29) is 22.5 Å². The second kappa shape index (κ2) is 11.6. The highest BCUT2D eigenvalue weighted by atomic mass is 35.5. The van der Waals surface area contributed by atoms with Crippen LogP contribution in [0.2, 0.25) is 5.02 Å². The molecule has 5 rings (SSSR count). The van der Waals surface area contributed by atoms with Crippen molar-refractivity contribution in [3.05, 3.63) is 70.1 Å². The molecule has 2 fully saturated rings. The van der Waals surface area contributed by atoms with Gasteiger partial charge in [-0.1, -0.05) is 17.7 Å². The van der Waals surface area contributed by atoms with Crippen LogP contribution in [-0.4, -0.2) is 59.9 Å². The van der Waals surface area contributed by atoms with Gasteiger partial charge in [-0.25, -0.2) is 8.42 Å². The lowest BCUT2D eigenvalue weighted by molar-refractivity contribution is 0.205. The number of halogens is 1. The van der Waals surface area contributed by atoms with E-state index in [1.807, 2.05) is 17.0 Å². The summed E-state index contributed by atoms with van der Waals surface area (Å²) in [5, 5.41) is 4.87. The first kappa shape index (κ1) is 26.9. The topological polar surface area (TPSA) is 111 Å². The van der Waals surface area contributed by atoms with Gasteiger partial charge in [0.1, 0.15) is 10.8 Å². The molecule has 0 atom stereocenters.